The van der Waals surface area contributed by atoms with Gasteiger partial charge in [-0.1, -0.05) is 0 Å². The third-order valence-electron chi connectivity index (χ3n) is 3.52. The van der Waals surface area contributed by atoms with Crippen molar-refractivity contribution in [2.24, 2.45) is 5.73 Å². The molecule has 0 saturated heterocycles. The monoisotopic (exact) mass is 303 g/mol. The SMILES string of the molecule is NC(=O)c1ccnc(N2CCc3sccc3C2C(=O)O)c1. The molecule has 0 aliphatic carbocycles. The van der Waals surface area contributed by atoms with Crippen LogP contribution >= 0.6 is 11.3 Å². The van der Waals surface area contributed by atoms with Crippen molar-refractivity contribution in [2.45, 2.75) is 12.5 Å². The number of nitrogens with zero attached hydrogens (tertiary/aromatic N) is 2. The highest BCUT2D eigenvalue weighted by Gasteiger charge is 2.34. The molecule has 3 N–H and O–H groups in total. The van der Waals surface area contributed by atoms with Crippen LogP contribution in [-0.4, -0.2) is 28.5 Å². The quantitative estimate of drug-likeness (QED) is 0.894. The minimum absolute atomic E-state index is 0.320. The highest BCUT2D eigenvalue weighted by Crippen LogP contribution is 2.35. The van der Waals surface area contributed by atoms with E-state index in [1.54, 1.807) is 16.2 Å². The van der Waals surface area contributed by atoms with Crippen LogP contribution in [0.15, 0.2) is 29.8 Å². The topological polar surface area (TPSA) is 96.5 Å². The van der Waals surface area contributed by atoms with E-state index in [2.05, 4.69) is 4.98 Å². The molecule has 1 amide bonds. The van der Waals surface area contributed by atoms with Gasteiger partial charge in [-0.15, -0.1) is 11.3 Å². The largest absolute Gasteiger partial charge is 0.479 e. The van der Waals surface area contributed by atoms with Gasteiger partial charge in [-0.2, -0.15) is 0 Å². The summed E-state index contributed by atoms with van der Waals surface area (Å²) in [7, 11) is 0. The number of carboxylic acid groups (broad SMARTS) is 1. The number of pyridine rings is 1. The molecule has 0 bridgehead atoms. The molecule has 0 saturated carbocycles. The molecule has 6 nitrogen and oxygen atoms in total. The summed E-state index contributed by atoms with van der Waals surface area (Å²) >= 11 is 1.57. The number of amides is 1. The van der Waals surface area contributed by atoms with E-state index in [1.165, 1.54) is 18.3 Å². The average molecular weight is 303 g/mol. The van der Waals surface area contributed by atoms with Crippen LogP contribution in [0, 0.1) is 0 Å². The summed E-state index contributed by atoms with van der Waals surface area (Å²) in [5, 5.41) is 11.5. The van der Waals surface area contributed by atoms with E-state index >= 15 is 0 Å². The number of rotatable bonds is 3. The second-order valence-electron chi connectivity index (χ2n) is 4.75. The van der Waals surface area contributed by atoms with Crippen molar-refractivity contribution in [3.8, 4) is 0 Å². The molecule has 2 aromatic heterocycles. The van der Waals surface area contributed by atoms with Crippen LogP contribution in [-0.2, 0) is 11.2 Å². The number of aromatic nitrogens is 1. The molecule has 21 heavy (non-hydrogen) atoms. The van der Waals surface area contributed by atoms with Gasteiger partial charge in [0.15, 0.2) is 6.04 Å². The van der Waals surface area contributed by atoms with Crippen LogP contribution in [0.1, 0.15) is 26.8 Å². The second-order valence-corrected chi connectivity index (χ2v) is 5.75. The fraction of sp³-hybridized carbons (Fsp3) is 0.214. The van der Waals surface area contributed by atoms with Gasteiger partial charge in [0, 0.05) is 23.2 Å². The molecule has 3 rings (SSSR count). The molecule has 1 atom stereocenters. The van der Waals surface area contributed by atoms with E-state index in [9.17, 15) is 14.7 Å². The Kier molecular flexibility index (Phi) is 3.34. The van der Waals surface area contributed by atoms with Crippen LogP contribution in [0.25, 0.3) is 0 Å². The number of aliphatic carboxylic acids is 1. The number of nitrogens with two attached hydrogens (primary N) is 1. The molecule has 1 aliphatic heterocycles. The smallest absolute Gasteiger partial charge is 0.331 e. The summed E-state index contributed by atoms with van der Waals surface area (Å²) in [5.41, 5.74) is 6.38. The minimum Gasteiger partial charge on any atom is -0.479 e. The standard InChI is InChI=1S/C14H13N3O3S/c15-13(18)8-1-4-16-11(7-8)17-5-2-10-9(3-6-21-10)12(17)14(19)20/h1,3-4,6-7,12H,2,5H2,(H2,15,18)(H,19,20). The van der Waals surface area contributed by atoms with E-state index in [1.807, 2.05) is 11.4 Å². The van der Waals surface area contributed by atoms with Crippen LogP contribution in [0.5, 0.6) is 0 Å². The lowest BCUT2D eigenvalue weighted by Crippen LogP contribution is -2.39. The summed E-state index contributed by atoms with van der Waals surface area (Å²) in [5.74, 6) is -1.03. The lowest BCUT2D eigenvalue weighted by molar-refractivity contribution is -0.138. The second kappa shape index (κ2) is 5.17. The van der Waals surface area contributed by atoms with Crippen molar-refractivity contribution in [1.82, 2.24) is 4.98 Å². The Morgan fingerprint density at radius 2 is 2.24 bits per heavy atom. The number of hydrogen-bond donors (Lipinski definition) is 2. The zero-order valence-electron chi connectivity index (χ0n) is 11.0. The average Bonchev–Trinajstić information content (AvgIpc) is 2.94. The van der Waals surface area contributed by atoms with Crippen molar-refractivity contribution >= 4 is 29.0 Å². The Morgan fingerprint density at radius 3 is 2.95 bits per heavy atom. The molecule has 1 aliphatic rings. The Labute approximate surface area is 124 Å². The predicted octanol–water partition coefficient (Wildman–Crippen LogP) is 1.43. The number of anilines is 1. The van der Waals surface area contributed by atoms with E-state index in [0.717, 1.165) is 16.9 Å². The van der Waals surface area contributed by atoms with Gasteiger partial charge >= 0.3 is 5.97 Å². The highest BCUT2D eigenvalue weighted by molar-refractivity contribution is 7.10. The van der Waals surface area contributed by atoms with Crippen LogP contribution in [0.2, 0.25) is 0 Å². The molecule has 3 heterocycles. The fourth-order valence-corrected chi connectivity index (χ4v) is 3.46. The number of hydrogen-bond acceptors (Lipinski definition) is 5. The Morgan fingerprint density at radius 1 is 1.43 bits per heavy atom. The van der Waals surface area contributed by atoms with Gasteiger partial charge < -0.3 is 15.7 Å². The van der Waals surface area contributed by atoms with Gasteiger partial charge in [-0.25, -0.2) is 9.78 Å². The summed E-state index contributed by atoms with van der Waals surface area (Å²) in [6.45, 7) is 0.541. The number of carbonyl (C=O) groups is 2. The van der Waals surface area contributed by atoms with Crippen molar-refractivity contribution in [3.63, 3.8) is 0 Å². The summed E-state index contributed by atoms with van der Waals surface area (Å²) in [4.78, 5) is 29.9. The number of carboxylic acids is 1. The molecule has 108 valence electrons. The number of fused-ring (bicyclic) bond motifs is 1. The maximum Gasteiger partial charge on any atom is 0.331 e. The first-order valence-electron chi connectivity index (χ1n) is 6.39. The first-order valence-corrected chi connectivity index (χ1v) is 7.27. The fourth-order valence-electron chi connectivity index (χ4n) is 2.56. The zero-order chi connectivity index (χ0) is 15.0. The van der Waals surface area contributed by atoms with Gasteiger partial charge in [-0.3, -0.25) is 4.79 Å². The van der Waals surface area contributed by atoms with E-state index in [-0.39, 0.29) is 0 Å². The van der Waals surface area contributed by atoms with Crippen molar-refractivity contribution in [1.29, 1.82) is 0 Å². The first-order chi connectivity index (χ1) is 10.1. The lowest BCUT2D eigenvalue weighted by Gasteiger charge is -2.34. The van der Waals surface area contributed by atoms with Crippen LogP contribution < -0.4 is 10.6 Å². The van der Waals surface area contributed by atoms with Crippen molar-refractivity contribution < 1.29 is 14.7 Å². The molecule has 0 radical (unpaired) electrons. The van der Waals surface area contributed by atoms with Gasteiger partial charge in [0.2, 0.25) is 5.91 Å². The van der Waals surface area contributed by atoms with E-state index < -0.39 is 17.9 Å². The number of primary amides is 1. The minimum atomic E-state index is -0.930. The number of carbonyl (C=O) groups excluding carboxylic acids is 1. The lowest BCUT2D eigenvalue weighted by atomic mass is 10.00. The third-order valence-corrected chi connectivity index (χ3v) is 4.52. The Balaban J connectivity index is 2.04. The highest BCUT2D eigenvalue weighted by atomic mass is 32.1. The predicted molar refractivity (Wildman–Crippen MR) is 78.5 cm³/mol. The Hall–Kier alpha value is -2.41. The molecule has 0 fully saturated rings. The molecule has 0 spiro atoms. The third kappa shape index (κ3) is 2.36. The molecular weight excluding hydrogens is 290 g/mol. The van der Waals surface area contributed by atoms with Gasteiger partial charge in [0.05, 0.1) is 0 Å². The van der Waals surface area contributed by atoms with E-state index in [0.29, 0.717) is 17.9 Å². The molecule has 0 aromatic carbocycles. The van der Waals surface area contributed by atoms with Crippen molar-refractivity contribution in [2.75, 3.05) is 11.4 Å². The van der Waals surface area contributed by atoms with Gasteiger partial charge in [-0.05, 0) is 35.6 Å². The van der Waals surface area contributed by atoms with Gasteiger partial charge in [0.25, 0.3) is 0 Å². The molecule has 2 aromatic rings. The summed E-state index contributed by atoms with van der Waals surface area (Å²) in [6.07, 6.45) is 2.23. The molecule has 1 unspecified atom stereocenters. The maximum absolute atomic E-state index is 11.7. The van der Waals surface area contributed by atoms with Gasteiger partial charge in [0.1, 0.15) is 5.82 Å². The normalized spacial score (nSPS) is 17.3. The Bertz CT molecular complexity index is 713. The summed E-state index contributed by atoms with van der Waals surface area (Å²) < 4.78 is 0. The molecular formula is C14H13N3O3S. The zero-order valence-corrected chi connectivity index (χ0v) is 11.8. The first kappa shape index (κ1) is 13.6. The maximum atomic E-state index is 11.7. The molecule has 7 heteroatoms. The van der Waals surface area contributed by atoms with Crippen LogP contribution in [0.3, 0.4) is 0 Å². The van der Waals surface area contributed by atoms with Crippen LogP contribution in [0.4, 0.5) is 5.82 Å². The summed E-state index contributed by atoms with van der Waals surface area (Å²) in [6, 6.07) is 4.11. The van der Waals surface area contributed by atoms with Crippen molar-refractivity contribution in [3.05, 3.63) is 45.8 Å². The number of thiophene rings is 1. The van der Waals surface area contributed by atoms with E-state index in [4.69, 9.17) is 5.73 Å².